The van der Waals surface area contributed by atoms with Gasteiger partial charge < -0.3 is 5.32 Å². The number of benzene rings is 2. The van der Waals surface area contributed by atoms with E-state index in [0.29, 0.717) is 12.2 Å². The first kappa shape index (κ1) is 22.5. The Kier molecular flexibility index (Phi) is 6.56. The van der Waals surface area contributed by atoms with Crippen LogP contribution in [0.25, 0.3) is 11.1 Å². The maximum Gasteiger partial charge on any atom is 0.261 e. The van der Waals surface area contributed by atoms with Crippen LogP contribution in [0.2, 0.25) is 0 Å². The van der Waals surface area contributed by atoms with E-state index in [9.17, 15) is 13.8 Å². The average molecular weight is 433 g/mol. The molecule has 3 rings (SSSR count). The van der Waals surface area contributed by atoms with Gasteiger partial charge in [-0.15, -0.1) is 5.10 Å². The molecule has 1 amide bonds. The largest absolute Gasteiger partial charge is 0.321 e. The summed E-state index contributed by atoms with van der Waals surface area (Å²) >= 11 is 0. The maximum atomic E-state index is 13.2. The summed E-state index contributed by atoms with van der Waals surface area (Å²) in [5, 5.41) is 14.3. The van der Waals surface area contributed by atoms with Gasteiger partial charge in [-0.1, -0.05) is 51.1 Å². The average Bonchev–Trinajstić information content (AvgIpc) is 3.24. The van der Waals surface area contributed by atoms with E-state index in [2.05, 4.69) is 28.3 Å². The second-order valence-electron chi connectivity index (χ2n) is 7.52. The molecule has 1 heterocycles. The Labute approximate surface area is 185 Å². The number of aromatic nitrogens is 2. The Bertz CT molecular complexity index is 1230. The molecule has 1 N–H and O–H groups in total. The zero-order chi connectivity index (χ0) is 23.3. The van der Waals surface area contributed by atoms with E-state index < -0.39 is 22.5 Å². The lowest BCUT2D eigenvalue weighted by Gasteiger charge is -2.11. The van der Waals surface area contributed by atoms with Crippen molar-refractivity contribution in [2.24, 2.45) is 5.41 Å². The smallest absolute Gasteiger partial charge is 0.261 e. The van der Waals surface area contributed by atoms with Crippen LogP contribution in [0.5, 0.6) is 0 Å². The predicted molar refractivity (Wildman–Crippen MR) is 119 cm³/mol. The topological polar surface area (TPSA) is 74.0 Å². The highest BCUT2D eigenvalue weighted by Gasteiger charge is 2.22. The fraction of sp³-hybridized carbons (Fsp3) is 0.208. The van der Waals surface area contributed by atoms with Crippen LogP contribution in [-0.4, -0.2) is 15.7 Å². The second-order valence-corrected chi connectivity index (χ2v) is 7.52. The Morgan fingerprint density at radius 1 is 1.19 bits per heavy atom. The minimum absolute atomic E-state index is 0.225. The SMILES string of the molecule is CCn1cc(C(=O)Nc2ccccc2-c2ccc(C#CC(C)(C)C#N)cc2)c(N(F)F)n1. The molecule has 0 saturated heterocycles. The van der Waals surface area contributed by atoms with Gasteiger partial charge in [0.15, 0.2) is 0 Å². The molecular weight excluding hydrogens is 412 g/mol. The van der Waals surface area contributed by atoms with E-state index in [-0.39, 0.29) is 5.56 Å². The molecule has 0 aliphatic heterocycles. The van der Waals surface area contributed by atoms with Gasteiger partial charge in [0.25, 0.3) is 5.91 Å². The number of halogens is 2. The molecular formula is C24H21F2N5O. The lowest BCUT2D eigenvalue weighted by atomic mass is 9.96. The van der Waals surface area contributed by atoms with Crippen molar-refractivity contribution in [2.75, 3.05) is 10.7 Å². The number of amides is 1. The standard InChI is InChI=1S/C24H21F2N5O/c1-4-30-15-20(22(29-30)31(25)26)23(32)28-21-8-6-5-7-19(21)18-11-9-17(10-12-18)13-14-24(2,3)16-27/h5-12,15H,4H2,1-3H3,(H,28,32). The Morgan fingerprint density at radius 2 is 1.88 bits per heavy atom. The zero-order valence-electron chi connectivity index (χ0n) is 17.9. The first-order valence-corrected chi connectivity index (χ1v) is 9.88. The van der Waals surface area contributed by atoms with Crippen molar-refractivity contribution in [3.05, 3.63) is 65.9 Å². The fourth-order valence-corrected chi connectivity index (χ4v) is 2.88. The highest BCUT2D eigenvalue weighted by atomic mass is 19.4. The van der Waals surface area contributed by atoms with Gasteiger partial charge in [-0.25, -0.2) is 0 Å². The van der Waals surface area contributed by atoms with Gasteiger partial charge in [0.2, 0.25) is 5.82 Å². The number of para-hydroxylation sites is 1. The van der Waals surface area contributed by atoms with Gasteiger partial charge >= 0.3 is 0 Å². The summed E-state index contributed by atoms with van der Waals surface area (Å²) in [6, 6.07) is 16.6. The monoisotopic (exact) mass is 433 g/mol. The first-order valence-electron chi connectivity index (χ1n) is 9.88. The van der Waals surface area contributed by atoms with E-state index in [1.165, 1.54) is 10.9 Å². The molecule has 0 aliphatic rings. The van der Waals surface area contributed by atoms with E-state index >= 15 is 0 Å². The van der Waals surface area contributed by atoms with E-state index in [1.807, 2.05) is 36.4 Å². The number of hydrogen-bond acceptors (Lipinski definition) is 4. The van der Waals surface area contributed by atoms with E-state index in [1.54, 1.807) is 32.9 Å². The van der Waals surface area contributed by atoms with Crippen molar-refractivity contribution in [3.8, 4) is 29.0 Å². The van der Waals surface area contributed by atoms with Gasteiger partial charge in [-0.3, -0.25) is 9.48 Å². The summed E-state index contributed by atoms with van der Waals surface area (Å²) < 4.78 is 27.6. The van der Waals surface area contributed by atoms with Gasteiger partial charge in [0.05, 0.1) is 6.07 Å². The third-order valence-corrected chi connectivity index (χ3v) is 4.64. The van der Waals surface area contributed by atoms with Crippen LogP contribution >= 0.6 is 0 Å². The minimum Gasteiger partial charge on any atom is -0.321 e. The molecule has 6 nitrogen and oxygen atoms in total. The van der Waals surface area contributed by atoms with Crippen molar-refractivity contribution in [1.29, 1.82) is 5.26 Å². The summed E-state index contributed by atoms with van der Waals surface area (Å²) in [6.07, 6.45) is 1.29. The predicted octanol–water partition coefficient (Wildman–Crippen LogP) is 5.30. The molecule has 0 aliphatic carbocycles. The summed E-state index contributed by atoms with van der Waals surface area (Å²) in [5.74, 6) is 4.51. The molecule has 0 unspecified atom stereocenters. The van der Waals surface area contributed by atoms with Crippen LogP contribution < -0.4 is 10.7 Å². The molecule has 3 aromatic rings. The molecule has 8 heteroatoms. The summed E-state index contributed by atoms with van der Waals surface area (Å²) in [4.78, 5) is 12.7. The number of hydrogen-bond donors (Lipinski definition) is 1. The molecule has 0 bridgehead atoms. The molecule has 2 aromatic carbocycles. The Balaban J connectivity index is 1.88. The van der Waals surface area contributed by atoms with Crippen molar-refractivity contribution in [3.63, 3.8) is 0 Å². The summed E-state index contributed by atoms with van der Waals surface area (Å²) in [7, 11) is 0. The lowest BCUT2D eigenvalue weighted by Crippen LogP contribution is -2.14. The number of nitrogens with one attached hydrogen (secondary N) is 1. The van der Waals surface area contributed by atoms with Crippen LogP contribution in [0, 0.1) is 28.6 Å². The summed E-state index contributed by atoms with van der Waals surface area (Å²) in [5.41, 5.74) is 1.79. The van der Waals surface area contributed by atoms with Crippen molar-refractivity contribution in [1.82, 2.24) is 9.78 Å². The number of nitriles is 1. The number of anilines is 2. The second kappa shape index (κ2) is 9.32. The third-order valence-electron chi connectivity index (χ3n) is 4.64. The van der Waals surface area contributed by atoms with Crippen LogP contribution in [0.4, 0.5) is 20.5 Å². The van der Waals surface area contributed by atoms with E-state index in [4.69, 9.17) is 5.26 Å². The maximum absolute atomic E-state index is 13.2. The number of aryl methyl sites for hydroxylation is 1. The molecule has 162 valence electrons. The number of carbonyl (C=O) groups excluding carboxylic acids is 1. The Hall–Kier alpha value is -4.17. The Morgan fingerprint density at radius 3 is 2.50 bits per heavy atom. The van der Waals surface area contributed by atoms with Crippen molar-refractivity contribution in [2.45, 2.75) is 27.3 Å². The molecule has 0 atom stereocenters. The van der Waals surface area contributed by atoms with Crippen LogP contribution in [0.3, 0.4) is 0 Å². The quantitative estimate of drug-likeness (QED) is 0.438. The summed E-state index contributed by atoms with van der Waals surface area (Å²) in [6.45, 7) is 5.58. The van der Waals surface area contributed by atoms with E-state index in [0.717, 1.165) is 16.7 Å². The van der Waals surface area contributed by atoms with Crippen molar-refractivity contribution >= 4 is 17.4 Å². The highest BCUT2D eigenvalue weighted by molar-refractivity contribution is 6.09. The van der Waals surface area contributed by atoms with Gasteiger partial charge in [0.1, 0.15) is 11.0 Å². The van der Waals surface area contributed by atoms with Crippen LogP contribution in [0.1, 0.15) is 36.7 Å². The number of nitrogens with zero attached hydrogens (tertiary/aromatic N) is 4. The van der Waals surface area contributed by atoms with Crippen LogP contribution in [0.15, 0.2) is 54.7 Å². The number of rotatable bonds is 5. The molecule has 0 spiro atoms. The number of carbonyl (C=O) groups is 1. The molecule has 0 radical (unpaired) electrons. The molecule has 32 heavy (non-hydrogen) atoms. The minimum atomic E-state index is -1.17. The fourth-order valence-electron chi connectivity index (χ4n) is 2.88. The lowest BCUT2D eigenvalue weighted by molar-refractivity contribution is 0.102. The highest BCUT2D eigenvalue weighted by Crippen LogP contribution is 2.29. The normalized spacial score (nSPS) is 10.6. The third kappa shape index (κ3) is 5.11. The zero-order valence-corrected chi connectivity index (χ0v) is 17.9. The molecule has 0 saturated carbocycles. The van der Waals surface area contributed by atoms with Crippen LogP contribution in [-0.2, 0) is 6.54 Å². The molecule has 0 fully saturated rings. The van der Waals surface area contributed by atoms with Crippen molar-refractivity contribution < 1.29 is 13.8 Å². The van der Waals surface area contributed by atoms with Gasteiger partial charge in [-0.2, -0.15) is 5.26 Å². The molecule has 1 aromatic heterocycles. The first-order chi connectivity index (χ1) is 15.2. The van der Waals surface area contributed by atoms with Gasteiger partial charge in [-0.05, 0) is 49.9 Å². The van der Waals surface area contributed by atoms with Gasteiger partial charge in [0, 0.05) is 29.6 Å².